The molecule has 0 radical (unpaired) electrons. The molecule has 17 heavy (non-hydrogen) atoms. The lowest BCUT2D eigenvalue weighted by molar-refractivity contribution is -0.136. The fraction of sp³-hybridized carbons (Fsp3) is 0.231. The molecule has 0 saturated carbocycles. The van der Waals surface area contributed by atoms with Gasteiger partial charge >= 0.3 is 5.97 Å². The van der Waals surface area contributed by atoms with Crippen LogP contribution < -0.4 is 0 Å². The van der Waals surface area contributed by atoms with Crippen LogP contribution in [0.4, 0.5) is 0 Å². The molecule has 1 aromatic heterocycles. The predicted molar refractivity (Wildman–Crippen MR) is 63.8 cm³/mol. The van der Waals surface area contributed by atoms with Crippen molar-refractivity contribution in [1.82, 2.24) is 9.78 Å². The summed E-state index contributed by atoms with van der Waals surface area (Å²) < 4.78 is 1.78. The molecule has 0 fully saturated rings. The van der Waals surface area contributed by atoms with Gasteiger partial charge in [0.1, 0.15) is 0 Å². The summed E-state index contributed by atoms with van der Waals surface area (Å²) in [5, 5.41) is 13.1. The average Bonchev–Trinajstić information content (AvgIpc) is 2.59. The molecular formula is C13H14N2O2. The van der Waals surface area contributed by atoms with Crippen molar-refractivity contribution in [3.8, 4) is 0 Å². The average molecular weight is 230 g/mol. The molecule has 0 spiro atoms. The normalized spacial score (nSPS) is 10.4. The Labute approximate surface area is 99.5 Å². The lowest BCUT2D eigenvalue weighted by atomic mass is 10.2. The summed E-state index contributed by atoms with van der Waals surface area (Å²) in [6.45, 7) is 2.50. The second-order valence-corrected chi connectivity index (χ2v) is 3.99. The van der Waals surface area contributed by atoms with Gasteiger partial charge < -0.3 is 5.11 Å². The van der Waals surface area contributed by atoms with Gasteiger partial charge in [0.15, 0.2) is 0 Å². The van der Waals surface area contributed by atoms with E-state index in [2.05, 4.69) is 5.10 Å². The van der Waals surface area contributed by atoms with Crippen LogP contribution in [0.2, 0.25) is 0 Å². The van der Waals surface area contributed by atoms with E-state index in [9.17, 15) is 4.79 Å². The highest BCUT2D eigenvalue weighted by Gasteiger charge is 2.08. The van der Waals surface area contributed by atoms with Gasteiger partial charge in [-0.1, -0.05) is 30.3 Å². The first-order valence-electron chi connectivity index (χ1n) is 5.44. The summed E-state index contributed by atoms with van der Waals surface area (Å²) in [5.41, 5.74) is 2.70. The molecule has 1 heterocycles. The predicted octanol–water partition coefficient (Wildman–Crippen LogP) is 1.87. The van der Waals surface area contributed by atoms with E-state index in [-0.39, 0.29) is 6.42 Å². The van der Waals surface area contributed by atoms with Crippen molar-refractivity contribution in [3.05, 3.63) is 53.3 Å². The van der Waals surface area contributed by atoms with Gasteiger partial charge in [0.25, 0.3) is 0 Å². The lowest BCUT2D eigenvalue weighted by Crippen LogP contribution is -2.00. The van der Waals surface area contributed by atoms with E-state index in [1.165, 1.54) is 0 Å². The van der Waals surface area contributed by atoms with Crippen molar-refractivity contribution < 1.29 is 9.90 Å². The van der Waals surface area contributed by atoms with Gasteiger partial charge in [0.2, 0.25) is 0 Å². The third kappa shape index (κ3) is 2.93. The van der Waals surface area contributed by atoms with Gasteiger partial charge in [-0.25, -0.2) is 0 Å². The number of aromatic nitrogens is 2. The molecule has 0 aliphatic rings. The molecule has 2 rings (SSSR count). The Morgan fingerprint density at radius 3 is 2.71 bits per heavy atom. The van der Waals surface area contributed by atoms with Crippen molar-refractivity contribution in [3.63, 3.8) is 0 Å². The summed E-state index contributed by atoms with van der Waals surface area (Å²) in [6.07, 6.45) is 1.83. The summed E-state index contributed by atoms with van der Waals surface area (Å²) in [6, 6.07) is 9.96. The van der Waals surface area contributed by atoms with E-state index in [0.717, 1.165) is 16.8 Å². The first kappa shape index (κ1) is 11.4. The number of nitrogens with zero attached hydrogens (tertiary/aromatic N) is 2. The zero-order chi connectivity index (χ0) is 12.3. The van der Waals surface area contributed by atoms with Crippen LogP contribution in [0.3, 0.4) is 0 Å². The van der Waals surface area contributed by atoms with Gasteiger partial charge in [-0.15, -0.1) is 0 Å². The highest BCUT2D eigenvalue weighted by Crippen LogP contribution is 2.09. The van der Waals surface area contributed by atoms with Crippen LogP contribution in [0.1, 0.15) is 16.8 Å². The minimum absolute atomic E-state index is 0.0284. The Bertz CT molecular complexity index is 517. The number of benzene rings is 1. The number of hydrogen-bond donors (Lipinski definition) is 1. The molecule has 1 aromatic carbocycles. The lowest BCUT2D eigenvalue weighted by Gasteiger charge is -2.00. The standard InChI is InChI=1S/C13H14N2O2/c1-10-12(7-13(16)17)9-15(14-10)8-11-5-3-2-4-6-11/h2-6,9H,7-8H2,1H3,(H,16,17). The Morgan fingerprint density at radius 2 is 2.06 bits per heavy atom. The zero-order valence-electron chi connectivity index (χ0n) is 9.63. The molecule has 0 amide bonds. The molecular weight excluding hydrogens is 216 g/mol. The van der Waals surface area contributed by atoms with E-state index < -0.39 is 5.97 Å². The smallest absolute Gasteiger partial charge is 0.307 e. The molecule has 0 aliphatic heterocycles. The maximum absolute atomic E-state index is 10.7. The number of carboxylic acid groups (broad SMARTS) is 1. The van der Waals surface area contributed by atoms with E-state index in [0.29, 0.717) is 6.54 Å². The van der Waals surface area contributed by atoms with Crippen LogP contribution in [-0.4, -0.2) is 20.9 Å². The number of carbonyl (C=O) groups is 1. The molecule has 4 heteroatoms. The van der Waals surface area contributed by atoms with Crippen LogP contribution in [0.25, 0.3) is 0 Å². The minimum atomic E-state index is -0.827. The zero-order valence-corrected chi connectivity index (χ0v) is 9.63. The van der Waals surface area contributed by atoms with Crippen LogP contribution in [0.5, 0.6) is 0 Å². The molecule has 0 atom stereocenters. The molecule has 0 bridgehead atoms. The number of aryl methyl sites for hydroxylation is 1. The summed E-state index contributed by atoms with van der Waals surface area (Å²) >= 11 is 0. The van der Waals surface area contributed by atoms with Crippen LogP contribution in [0.15, 0.2) is 36.5 Å². The Kier molecular flexibility index (Phi) is 3.23. The Hall–Kier alpha value is -2.10. The molecule has 0 unspecified atom stereocenters. The van der Waals surface area contributed by atoms with Gasteiger partial charge in [-0.2, -0.15) is 5.10 Å². The minimum Gasteiger partial charge on any atom is -0.481 e. The van der Waals surface area contributed by atoms with Crippen molar-refractivity contribution in [2.24, 2.45) is 0 Å². The van der Waals surface area contributed by atoms with Crippen molar-refractivity contribution in [2.75, 3.05) is 0 Å². The van der Waals surface area contributed by atoms with Gasteiger partial charge in [0, 0.05) is 11.8 Å². The maximum atomic E-state index is 10.7. The maximum Gasteiger partial charge on any atom is 0.307 e. The molecule has 0 aliphatic carbocycles. The van der Waals surface area contributed by atoms with Crippen LogP contribution in [-0.2, 0) is 17.8 Å². The molecule has 88 valence electrons. The van der Waals surface area contributed by atoms with Gasteiger partial charge in [0.05, 0.1) is 18.7 Å². The highest BCUT2D eigenvalue weighted by molar-refractivity contribution is 5.70. The molecule has 4 nitrogen and oxygen atoms in total. The monoisotopic (exact) mass is 230 g/mol. The molecule has 1 N–H and O–H groups in total. The Balaban J connectivity index is 2.15. The second-order valence-electron chi connectivity index (χ2n) is 3.99. The van der Waals surface area contributed by atoms with Gasteiger partial charge in [-0.3, -0.25) is 9.48 Å². The fourth-order valence-electron chi connectivity index (χ4n) is 1.75. The first-order valence-corrected chi connectivity index (χ1v) is 5.44. The van der Waals surface area contributed by atoms with Crippen molar-refractivity contribution in [1.29, 1.82) is 0 Å². The fourth-order valence-corrected chi connectivity index (χ4v) is 1.75. The molecule has 2 aromatic rings. The topological polar surface area (TPSA) is 55.1 Å². The number of hydrogen-bond acceptors (Lipinski definition) is 2. The largest absolute Gasteiger partial charge is 0.481 e. The van der Waals surface area contributed by atoms with Crippen molar-refractivity contribution >= 4 is 5.97 Å². The SMILES string of the molecule is Cc1nn(Cc2ccccc2)cc1CC(=O)O. The second kappa shape index (κ2) is 4.82. The van der Waals surface area contributed by atoms with Crippen LogP contribution >= 0.6 is 0 Å². The summed E-state index contributed by atoms with van der Waals surface area (Å²) in [4.78, 5) is 10.7. The number of carboxylic acids is 1. The highest BCUT2D eigenvalue weighted by atomic mass is 16.4. The third-order valence-corrected chi connectivity index (χ3v) is 2.58. The van der Waals surface area contributed by atoms with E-state index >= 15 is 0 Å². The van der Waals surface area contributed by atoms with E-state index in [1.54, 1.807) is 10.9 Å². The summed E-state index contributed by atoms with van der Waals surface area (Å²) in [7, 11) is 0. The van der Waals surface area contributed by atoms with E-state index in [1.807, 2.05) is 37.3 Å². The first-order chi connectivity index (χ1) is 8.15. The third-order valence-electron chi connectivity index (χ3n) is 2.58. The van der Waals surface area contributed by atoms with Crippen LogP contribution in [0, 0.1) is 6.92 Å². The summed E-state index contributed by atoms with van der Waals surface area (Å²) in [5.74, 6) is -0.827. The van der Waals surface area contributed by atoms with E-state index in [4.69, 9.17) is 5.11 Å². The number of rotatable bonds is 4. The molecule has 0 saturated heterocycles. The van der Waals surface area contributed by atoms with Gasteiger partial charge in [-0.05, 0) is 12.5 Å². The van der Waals surface area contributed by atoms with Crippen molar-refractivity contribution in [2.45, 2.75) is 19.9 Å². The Morgan fingerprint density at radius 1 is 1.35 bits per heavy atom. The quantitative estimate of drug-likeness (QED) is 0.872. The number of aliphatic carboxylic acids is 1.